The van der Waals surface area contributed by atoms with Crippen molar-refractivity contribution < 1.29 is 18.7 Å². The van der Waals surface area contributed by atoms with Crippen molar-refractivity contribution in [3.05, 3.63) is 78.3 Å². The average Bonchev–Trinajstić information content (AvgIpc) is 3.43. The molecule has 2 aromatic heterocycles. The van der Waals surface area contributed by atoms with Gasteiger partial charge in [0, 0.05) is 6.42 Å². The van der Waals surface area contributed by atoms with E-state index in [1.807, 2.05) is 48.5 Å². The molecule has 2 heterocycles. The molecule has 0 fully saturated rings. The minimum atomic E-state index is -0.799. The Morgan fingerprint density at radius 1 is 1.13 bits per heavy atom. The molecular weight excluding hydrogens is 402 g/mol. The molecule has 2 aromatic carbocycles. The van der Waals surface area contributed by atoms with Gasteiger partial charge in [-0.1, -0.05) is 41.7 Å². The molecule has 0 radical (unpaired) electrons. The molecule has 8 heteroatoms. The van der Waals surface area contributed by atoms with Crippen LogP contribution in [0.4, 0.5) is 5.13 Å². The van der Waals surface area contributed by atoms with Gasteiger partial charge < -0.3 is 19.8 Å². The summed E-state index contributed by atoms with van der Waals surface area (Å²) >= 11 is 1.34. The van der Waals surface area contributed by atoms with E-state index < -0.39 is 11.9 Å². The molecule has 2 N–H and O–H groups in total. The van der Waals surface area contributed by atoms with Gasteiger partial charge in [-0.15, -0.1) is 0 Å². The van der Waals surface area contributed by atoms with E-state index in [0.717, 1.165) is 21.5 Å². The number of nitrogens with zero attached hydrogens (tertiary/aromatic N) is 1. The molecule has 0 spiro atoms. The minimum Gasteiger partial charge on any atom is -0.497 e. The zero-order valence-corrected chi connectivity index (χ0v) is 16.9. The fourth-order valence-corrected chi connectivity index (χ4v) is 3.87. The maximum Gasteiger partial charge on any atom is 0.287 e. The van der Waals surface area contributed by atoms with Gasteiger partial charge >= 0.3 is 0 Å². The Morgan fingerprint density at radius 3 is 2.70 bits per heavy atom. The van der Waals surface area contributed by atoms with Crippen LogP contribution in [0.5, 0.6) is 5.75 Å². The van der Waals surface area contributed by atoms with Gasteiger partial charge in [-0.2, -0.15) is 0 Å². The van der Waals surface area contributed by atoms with E-state index in [4.69, 9.17) is 9.15 Å². The molecular formula is C22H19N3O4S. The number of amides is 2. The second-order valence-electron chi connectivity index (χ2n) is 6.53. The van der Waals surface area contributed by atoms with Crippen LogP contribution in [0, 0.1) is 0 Å². The fourth-order valence-electron chi connectivity index (χ4n) is 2.97. The summed E-state index contributed by atoms with van der Waals surface area (Å²) in [7, 11) is 1.60. The number of anilines is 1. The number of aromatic nitrogens is 1. The van der Waals surface area contributed by atoms with E-state index in [1.165, 1.54) is 17.6 Å². The third kappa shape index (κ3) is 4.49. The highest BCUT2D eigenvalue weighted by atomic mass is 32.1. The fraction of sp³-hybridized carbons (Fsp3) is 0.136. The number of hydrogen-bond acceptors (Lipinski definition) is 6. The van der Waals surface area contributed by atoms with Gasteiger partial charge in [0.15, 0.2) is 10.9 Å². The van der Waals surface area contributed by atoms with Gasteiger partial charge in [-0.3, -0.25) is 9.59 Å². The lowest BCUT2D eigenvalue weighted by molar-refractivity contribution is -0.118. The number of carbonyl (C=O) groups is 2. The van der Waals surface area contributed by atoms with E-state index in [0.29, 0.717) is 11.6 Å². The van der Waals surface area contributed by atoms with Crippen LogP contribution >= 0.6 is 11.3 Å². The standard InChI is InChI=1S/C22H19N3O4S/c1-28-15-9-10-16-19(13-15)30-22(24-16)25-20(26)17(12-14-6-3-2-4-7-14)23-21(27)18-8-5-11-29-18/h2-11,13,17H,12H2,1H3,(H,23,27)(H,24,25,26)/t17-/m1/s1. The topological polar surface area (TPSA) is 93.5 Å². The van der Waals surface area contributed by atoms with Crippen LogP contribution in [0.1, 0.15) is 16.1 Å². The van der Waals surface area contributed by atoms with Crippen molar-refractivity contribution in [2.24, 2.45) is 0 Å². The zero-order valence-electron chi connectivity index (χ0n) is 16.1. The minimum absolute atomic E-state index is 0.146. The number of ether oxygens (including phenoxy) is 1. The lowest BCUT2D eigenvalue weighted by Crippen LogP contribution is -2.45. The molecule has 4 aromatic rings. The van der Waals surface area contributed by atoms with Crippen molar-refractivity contribution in [3.8, 4) is 5.75 Å². The number of methoxy groups -OCH3 is 1. The Balaban J connectivity index is 1.54. The Morgan fingerprint density at radius 2 is 1.97 bits per heavy atom. The molecule has 7 nitrogen and oxygen atoms in total. The summed E-state index contributed by atoms with van der Waals surface area (Å²) < 4.78 is 11.3. The Bertz CT molecular complexity index is 1160. The van der Waals surface area contributed by atoms with Gasteiger partial charge in [0.2, 0.25) is 5.91 Å². The van der Waals surface area contributed by atoms with Gasteiger partial charge in [-0.05, 0) is 35.9 Å². The third-order valence-electron chi connectivity index (χ3n) is 4.48. The predicted molar refractivity (Wildman–Crippen MR) is 115 cm³/mol. The zero-order chi connectivity index (χ0) is 20.9. The maximum absolute atomic E-state index is 13.0. The van der Waals surface area contributed by atoms with Crippen molar-refractivity contribution in [1.29, 1.82) is 0 Å². The largest absolute Gasteiger partial charge is 0.497 e. The number of thiazole rings is 1. The number of nitrogens with one attached hydrogen (secondary N) is 2. The normalized spacial score (nSPS) is 11.8. The number of hydrogen-bond donors (Lipinski definition) is 2. The number of rotatable bonds is 7. The van der Waals surface area contributed by atoms with Crippen LogP contribution in [0.3, 0.4) is 0 Å². The monoisotopic (exact) mass is 421 g/mol. The van der Waals surface area contributed by atoms with Crippen LogP contribution < -0.4 is 15.4 Å². The Kier molecular flexibility index (Phi) is 5.76. The molecule has 0 saturated carbocycles. The predicted octanol–water partition coefficient (Wildman–Crippen LogP) is 3.88. The first-order valence-corrected chi connectivity index (χ1v) is 10.1. The molecule has 0 bridgehead atoms. The molecule has 2 amide bonds. The molecule has 0 saturated heterocycles. The lowest BCUT2D eigenvalue weighted by atomic mass is 10.1. The highest BCUT2D eigenvalue weighted by Gasteiger charge is 2.24. The number of fused-ring (bicyclic) bond motifs is 1. The van der Waals surface area contributed by atoms with Crippen LogP contribution in [0.2, 0.25) is 0 Å². The van der Waals surface area contributed by atoms with Crippen LogP contribution in [-0.2, 0) is 11.2 Å². The van der Waals surface area contributed by atoms with Crippen molar-refractivity contribution in [3.63, 3.8) is 0 Å². The summed E-state index contributed by atoms with van der Waals surface area (Å²) in [5, 5.41) is 6.03. The SMILES string of the molecule is COc1ccc2nc(NC(=O)[C@@H](Cc3ccccc3)NC(=O)c3ccco3)sc2c1. The molecule has 0 unspecified atom stereocenters. The summed E-state index contributed by atoms with van der Waals surface area (Å²) in [4.78, 5) is 29.9. The summed E-state index contributed by atoms with van der Waals surface area (Å²) in [6, 6.07) is 17.4. The highest BCUT2D eigenvalue weighted by Crippen LogP contribution is 2.29. The van der Waals surface area contributed by atoms with E-state index in [2.05, 4.69) is 15.6 Å². The first-order valence-electron chi connectivity index (χ1n) is 9.26. The van der Waals surface area contributed by atoms with Gasteiger partial charge in [0.25, 0.3) is 5.91 Å². The highest BCUT2D eigenvalue weighted by molar-refractivity contribution is 7.22. The van der Waals surface area contributed by atoms with E-state index >= 15 is 0 Å². The van der Waals surface area contributed by atoms with E-state index in [9.17, 15) is 9.59 Å². The maximum atomic E-state index is 13.0. The molecule has 30 heavy (non-hydrogen) atoms. The molecule has 0 aliphatic heterocycles. The molecule has 152 valence electrons. The van der Waals surface area contributed by atoms with Crippen molar-refractivity contribution in [1.82, 2.24) is 10.3 Å². The van der Waals surface area contributed by atoms with Crippen LogP contribution in [-0.4, -0.2) is 29.9 Å². The number of benzene rings is 2. The van der Waals surface area contributed by atoms with E-state index in [-0.39, 0.29) is 11.7 Å². The Hall–Kier alpha value is -3.65. The van der Waals surface area contributed by atoms with E-state index in [1.54, 1.807) is 19.2 Å². The second-order valence-corrected chi connectivity index (χ2v) is 7.57. The van der Waals surface area contributed by atoms with Gasteiger partial charge in [0.1, 0.15) is 11.8 Å². The molecule has 4 rings (SSSR count). The summed E-state index contributed by atoms with van der Waals surface area (Å²) in [6.45, 7) is 0. The third-order valence-corrected chi connectivity index (χ3v) is 5.41. The first kappa shape index (κ1) is 19.7. The smallest absolute Gasteiger partial charge is 0.287 e. The first-order chi connectivity index (χ1) is 14.6. The molecule has 1 atom stereocenters. The summed E-state index contributed by atoms with van der Waals surface area (Å²) in [5.41, 5.74) is 1.68. The summed E-state index contributed by atoms with van der Waals surface area (Å²) in [6.07, 6.45) is 1.74. The van der Waals surface area contributed by atoms with Crippen LogP contribution in [0.15, 0.2) is 71.3 Å². The summed E-state index contributed by atoms with van der Waals surface area (Å²) in [5.74, 6) is 0.0551. The second kappa shape index (κ2) is 8.79. The molecule has 0 aliphatic rings. The van der Waals surface area contributed by atoms with Crippen molar-refractivity contribution in [2.45, 2.75) is 12.5 Å². The Labute approximate surface area is 176 Å². The molecule has 0 aliphatic carbocycles. The van der Waals surface area contributed by atoms with Crippen molar-refractivity contribution >= 4 is 38.5 Å². The lowest BCUT2D eigenvalue weighted by Gasteiger charge is -2.17. The number of furan rings is 1. The van der Waals surface area contributed by atoms with Crippen LogP contribution in [0.25, 0.3) is 10.2 Å². The van der Waals surface area contributed by atoms with Gasteiger partial charge in [-0.25, -0.2) is 4.98 Å². The average molecular weight is 421 g/mol. The van der Waals surface area contributed by atoms with Crippen molar-refractivity contribution in [2.75, 3.05) is 12.4 Å². The number of carbonyl (C=O) groups excluding carboxylic acids is 2. The quantitative estimate of drug-likeness (QED) is 0.472. The van der Waals surface area contributed by atoms with Gasteiger partial charge in [0.05, 0.1) is 23.6 Å².